The predicted molar refractivity (Wildman–Crippen MR) is 67.7 cm³/mol. The average molecular weight is 304 g/mol. The molecule has 1 fully saturated rings. The van der Waals surface area contributed by atoms with Crippen molar-refractivity contribution in [3.63, 3.8) is 0 Å². The molecule has 0 bridgehead atoms. The van der Waals surface area contributed by atoms with E-state index in [1.165, 1.54) is 11.3 Å². The number of carbonyl (C=O) groups is 1. The second-order valence-electron chi connectivity index (χ2n) is 4.07. The number of hydrogen-bond donors (Lipinski definition) is 2. The zero-order valence-electron chi connectivity index (χ0n) is 8.78. The summed E-state index contributed by atoms with van der Waals surface area (Å²) in [6.45, 7) is 0.134. The van der Waals surface area contributed by atoms with E-state index in [1.54, 1.807) is 0 Å². The average Bonchev–Trinajstić information content (AvgIpc) is 3.00. The summed E-state index contributed by atoms with van der Waals surface area (Å²) in [5.74, 6) is 0.533. The molecule has 1 aromatic heterocycles. The van der Waals surface area contributed by atoms with Crippen molar-refractivity contribution >= 4 is 33.2 Å². The number of aliphatic hydroxyl groups excluding tert-OH is 1. The lowest BCUT2D eigenvalue weighted by molar-refractivity contribution is 0.0924. The van der Waals surface area contributed by atoms with Gasteiger partial charge in [-0.2, -0.15) is 0 Å². The molecular weight excluding hydrogens is 290 g/mol. The largest absolute Gasteiger partial charge is 0.396 e. The quantitative estimate of drug-likeness (QED) is 0.877. The maximum absolute atomic E-state index is 11.9. The van der Waals surface area contributed by atoms with Gasteiger partial charge >= 0.3 is 0 Å². The molecule has 1 atom stereocenters. The van der Waals surface area contributed by atoms with E-state index >= 15 is 0 Å². The zero-order valence-corrected chi connectivity index (χ0v) is 11.2. The predicted octanol–water partition coefficient (Wildman–Crippen LogP) is 2.40. The fourth-order valence-electron chi connectivity index (χ4n) is 1.74. The van der Waals surface area contributed by atoms with Crippen LogP contribution in [-0.2, 0) is 0 Å². The van der Waals surface area contributed by atoms with Gasteiger partial charge in [-0.25, -0.2) is 0 Å². The summed E-state index contributed by atoms with van der Waals surface area (Å²) < 4.78 is 0.961. The Morgan fingerprint density at radius 2 is 2.44 bits per heavy atom. The van der Waals surface area contributed by atoms with Crippen LogP contribution in [0.2, 0.25) is 0 Å². The molecule has 16 heavy (non-hydrogen) atoms. The minimum atomic E-state index is -0.0349. The number of hydrogen-bond acceptors (Lipinski definition) is 3. The summed E-state index contributed by atoms with van der Waals surface area (Å²) in [6.07, 6.45) is 2.98. The van der Waals surface area contributed by atoms with E-state index in [-0.39, 0.29) is 18.6 Å². The van der Waals surface area contributed by atoms with Gasteiger partial charge in [-0.05, 0) is 47.2 Å². The number of thiophene rings is 1. The first-order valence-electron chi connectivity index (χ1n) is 5.36. The summed E-state index contributed by atoms with van der Waals surface area (Å²) in [5.41, 5.74) is 0.695. The second kappa shape index (κ2) is 5.29. The van der Waals surface area contributed by atoms with Crippen molar-refractivity contribution in [2.75, 3.05) is 6.61 Å². The third-order valence-electron chi connectivity index (χ3n) is 2.78. The first kappa shape index (κ1) is 12.1. The number of nitrogens with one attached hydrogen (secondary N) is 1. The molecular formula is C11H14BrNO2S. The van der Waals surface area contributed by atoms with Crippen LogP contribution in [0.1, 0.15) is 29.6 Å². The van der Waals surface area contributed by atoms with Gasteiger partial charge in [0, 0.05) is 18.0 Å². The van der Waals surface area contributed by atoms with Crippen LogP contribution in [-0.4, -0.2) is 23.7 Å². The molecule has 5 heteroatoms. The van der Waals surface area contributed by atoms with Gasteiger partial charge < -0.3 is 10.4 Å². The number of carbonyl (C=O) groups excluding carboxylic acids is 1. The van der Waals surface area contributed by atoms with E-state index in [1.807, 2.05) is 11.4 Å². The molecule has 0 spiro atoms. The molecule has 2 rings (SSSR count). The topological polar surface area (TPSA) is 49.3 Å². The number of halogens is 1. The first-order chi connectivity index (χ1) is 7.70. The molecule has 1 aliphatic rings. The summed E-state index contributed by atoms with van der Waals surface area (Å²) in [5, 5.41) is 13.8. The van der Waals surface area contributed by atoms with Crippen molar-refractivity contribution in [2.24, 2.45) is 5.92 Å². The van der Waals surface area contributed by atoms with E-state index in [4.69, 9.17) is 5.11 Å². The lowest BCUT2D eigenvalue weighted by Gasteiger charge is -2.16. The van der Waals surface area contributed by atoms with Crippen molar-refractivity contribution in [2.45, 2.75) is 25.3 Å². The fourth-order valence-corrected chi connectivity index (χ4v) is 2.88. The molecule has 88 valence electrons. The van der Waals surface area contributed by atoms with Crippen molar-refractivity contribution in [1.29, 1.82) is 0 Å². The molecule has 1 heterocycles. The van der Waals surface area contributed by atoms with E-state index in [9.17, 15) is 4.79 Å². The Balaban J connectivity index is 1.94. The highest BCUT2D eigenvalue weighted by Gasteiger charge is 2.31. The molecule has 0 radical (unpaired) electrons. The third kappa shape index (κ3) is 3.06. The number of aliphatic hydroxyl groups is 1. The maximum Gasteiger partial charge on any atom is 0.252 e. The lowest BCUT2D eigenvalue weighted by Crippen LogP contribution is -2.36. The minimum Gasteiger partial charge on any atom is -0.396 e. The van der Waals surface area contributed by atoms with Gasteiger partial charge in [0.05, 0.1) is 9.35 Å². The van der Waals surface area contributed by atoms with Crippen LogP contribution in [0, 0.1) is 5.92 Å². The van der Waals surface area contributed by atoms with Crippen LogP contribution in [0.5, 0.6) is 0 Å². The molecule has 2 N–H and O–H groups in total. The molecule has 1 unspecified atom stereocenters. The number of rotatable bonds is 5. The Morgan fingerprint density at radius 1 is 1.69 bits per heavy atom. The van der Waals surface area contributed by atoms with Crippen molar-refractivity contribution in [3.8, 4) is 0 Å². The Bertz CT molecular complexity index is 376. The highest BCUT2D eigenvalue weighted by Crippen LogP contribution is 2.34. The molecule has 1 aliphatic carbocycles. The van der Waals surface area contributed by atoms with E-state index in [2.05, 4.69) is 21.2 Å². The Morgan fingerprint density at radius 3 is 2.94 bits per heavy atom. The number of amides is 1. The molecule has 1 saturated carbocycles. The fraction of sp³-hybridized carbons (Fsp3) is 0.545. The van der Waals surface area contributed by atoms with Crippen molar-refractivity contribution in [3.05, 3.63) is 20.8 Å². The lowest BCUT2D eigenvalue weighted by atomic mass is 10.1. The molecule has 1 aromatic rings. The summed E-state index contributed by atoms with van der Waals surface area (Å²) in [7, 11) is 0. The van der Waals surface area contributed by atoms with Crippen molar-refractivity contribution in [1.82, 2.24) is 5.32 Å². The van der Waals surface area contributed by atoms with Crippen LogP contribution < -0.4 is 5.32 Å². The normalized spacial score (nSPS) is 17.1. The summed E-state index contributed by atoms with van der Waals surface area (Å²) in [4.78, 5) is 11.9. The SMILES string of the molecule is O=C(NC(CCO)C1CC1)c1csc(Br)c1. The van der Waals surface area contributed by atoms with Gasteiger partial charge in [-0.1, -0.05) is 0 Å². The maximum atomic E-state index is 11.9. The highest BCUT2D eigenvalue weighted by atomic mass is 79.9. The van der Waals surface area contributed by atoms with Crippen LogP contribution in [0.4, 0.5) is 0 Å². The summed E-state index contributed by atoms with van der Waals surface area (Å²) >= 11 is 4.84. The van der Waals surface area contributed by atoms with Gasteiger partial charge in [-0.15, -0.1) is 11.3 Å². The Kier molecular flexibility index (Phi) is 4.00. The minimum absolute atomic E-state index is 0.0349. The second-order valence-corrected chi connectivity index (χ2v) is 6.36. The molecule has 0 aliphatic heterocycles. The first-order valence-corrected chi connectivity index (χ1v) is 7.03. The van der Waals surface area contributed by atoms with E-state index in [0.717, 1.165) is 16.6 Å². The summed E-state index contributed by atoms with van der Waals surface area (Å²) in [6, 6.07) is 1.96. The molecule has 0 aromatic carbocycles. The molecule has 3 nitrogen and oxygen atoms in total. The Hall–Kier alpha value is -0.390. The van der Waals surface area contributed by atoms with Crippen LogP contribution in [0.15, 0.2) is 15.2 Å². The molecule has 0 saturated heterocycles. The molecule has 1 amide bonds. The highest BCUT2D eigenvalue weighted by molar-refractivity contribution is 9.11. The smallest absolute Gasteiger partial charge is 0.252 e. The van der Waals surface area contributed by atoms with Crippen LogP contribution >= 0.6 is 27.3 Å². The van der Waals surface area contributed by atoms with Crippen LogP contribution in [0.25, 0.3) is 0 Å². The van der Waals surface area contributed by atoms with Crippen molar-refractivity contribution < 1.29 is 9.90 Å². The van der Waals surface area contributed by atoms with Gasteiger partial charge in [0.1, 0.15) is 0 Å². The van der Waals surface area contributed by atoms with Gasteiger partial charge in [0.15, 0.2) is 0 Å². The van der Waals surface area contributed by atoms with E-state index < -0.39 is 0 Å². The zero-order chi connectivity index (χ0) is 11.5. The van der Waals surface area contributed by atoms with Gasteiger partial charge in [0.25, 0.3) is 5.91 Å². The van der Waals surface area contributed by atoms with Gasteiger partial charge in [0.2, 0.25) is 0 Å². The third-order valence-corrected chi connectivity index (χ3v) is 4.28. The standard InChI is InChI=1S/C11H14BrNO2S/c12-10-5-8(6-16-10)11(15)13-9(3-4-14)7-1-2-7/h5-7,9,14H,1-4H2,(H,13,15). The van der Waals surface area contributed by atoms with Gasteiger partial charge in [-0.3, -0.25) is 4.79 Å². The van der Waals surface area contributed by atoms with Crippen LogP contribution in [0.3, 0.4) is 0 Å². The Labute approximate surface area is 107 Å². The van der Waals surface area contributed by atoms with E-state index in [0.29, 0.717) is 17.9 Å². The monoisotopic (exact) mass is 303 g/mol.